The van der Waals surface area contributed by atoms with Crippen LogP contribution >= 0.6 is 0 Å². The number of amides is 2. The van der Waals surface area contributed by atoms with Crippen molar-refractivity contribution in [1.29, 1.82) is 0 Å². The summed E-state index contributed by atoms with van der Waals surface area (Å²) in [6.45, 7) is 4.66. The van der Waals surface area contributed by atoms with E-state index in [0.29, 0.717) is 23.4 Å². The van der Waals surface area contributed by atoms with Crippen molar-refractivity contribution in [3.05, 3.63) is 59.2 Å². The van der Waals surface area contributed by atoms with Gasteiger partial charge in [-0.3, -0.25) is 9.59 Å². The Balaban J connectivity index is 1.65. The molecule has 1 aliphatic heterocycles. The largest absolute Gasteiger partial charge is 0.493 e. The minimum atomic E-state index is -0.175. The average Bonchev–Trinajstić information content (AvgIpc) is 3.09. The van der Waals surface area contributed by atoms with Gasteiger partial charge in [0.1, 0.15) is 5.75 Å². The Morgan fingerprint density at radius 2 is 1.80 bits per heavy atom. The van der Waals surface area contributed by atoms with Gasteiger partial charge in [0, 0.05) is 29.3 Å². The molecule has 0 bridgehead atoms. The maximum absolute atomic E-state index is 12.4. The third-order valence-electron chi connectivity index (χ3n) is 4.35. The highest BCUT2D eigenvalue weighted by Gasteiger charge is 2.15. The summed E-state index contributed by atoms with van der Waals surface area (Å²) in [6, 6.07) is 12.5. The molecule has 1 aliphatic rings. The second-order valence-corrected chi connectivity index (χ2v) is 6.24. The van der Waals surface area contributed by atoms with Crippen molar-refractivity contribution in [2.45, 2.75) is 32.7 Å². The topological polar surface area (TPSA) is 67.4 Å². The van der Waals surface area contributed by atoms with Crippen LogP contribution in [0.3, 0.4) is 0 Å². The lowest BCUT2D eigenvalue weighted by molar-refractivity contribution is 0.0938. The van der Waals surface area contributed by atoms with Crippen molar-refractivity contribution in [1.82, 2.24) is 5.32 Å². The minimum Gasteiger partial charge on any atom is -0.493 e. The SMILES string of the molecule is CCC(C)NC(=O)c1ccc(NC(=O)c2ccc3c(c2)CCO3)cc1. The van der Waals surface area contributed by atoms with Gasteiger partial charge >= 0.3 is 0 Å². The summed E-state index contributed by atoms with van der Waals surface area (Å²) in [4.78, 5) is 24.5. The molecule has 25 heavy (non-hydrogen) atoms. The predicted octanol–water partition coefficient (Wildman–Crippen LogP) is 3.40. The van der Waals surface area contributed by atoms with E-state index >= 15 is 0 Å². The van der Waals surface area contributed by atoms with E-state index in [1.807, 2.05) is 26.0 Å². The van der Waals surface area contributed by atoms with E-state index in [-0.39, 0.29) is 17.9 Å². The van der Waals surface area contributed by atoms with Gasteiger partial charge in [0.2, 0.25) is 0 Å². The molecule has 5 nitrogen and oxygen atoms in total. The Morgan fingerprint density at radius 1 is 1.08 bits per heavy atom. The third-order valence-corrected chi connectivity index (χ3v) is 4.35. The zero-order valence-electron chi connectivity index (χ0n) is 14.5. The van der Waals surface area contributed by atoms with Gasteiger partial charge in [-0.2, -0.15) is 0 Å². The second-order valence-electron chi connectivity index (χ2n) is 6.24. The quantitative estimate of drug-likeness (QED) is 0.878. The molecule has 0 aliphatic carbocycles. The molecular formula is C20H22N2O3. The van der Waals surface area contributed by atoms with E-state index in [0.717, 1.165) is 24.2 Å². The fraction of sp³-hybridized carbons (Fsp3) is 0.300. The van der Waals surface area contributed by atoms with Gasteiger partial charge in [0.05, 0.1) is 6.61 Å². The smallest absolute Gasteiger partial charge is 0.255 e. The Bertz CT molecular complexity index is 784. The van der Waals surface area contributed by atoms with Crippen molar-refractivity contribution in [3.63, 3.8) is 0 Å². The van der Waals surface area contributed by atoms with Crippen LogP contribution in [0.5, 0.6) is 5.75 Å². The van der Waals surface area contributed by atoms with Crippen LogP contribution in [0.15, 0.2) is 42.5 Å². The molecule has 3 rings (SSSR count). The van der Waals surface area contributed by atoms with Crippen LogP contribution in [-0.2, 0) is 6.42 Å². The summed E-state index contributed by atoms with van der Waals surface area (Å²) >= 11 is 0. The van der Waals surface area contributed by atoms with E-state index in [1.165, 1.54) is 0 Å². The molecule has 2 aromatic rings. The third kappa shape index (κ3) is 3.99. The van der Waals surface area contributed by atoms with Crippen LogP contribution in [0.1, 0.15) is 46.5 Å². The van der Waals surface area contributed by atoms with E-state index in [1.54, 1.807) is 30.3 Å². The van der Waals surface area contributed by atoms with Gasteiger partial charge in [-0.05, 0) is 61.4 Å². The van der Waals surface area contributed by atoms with Gasteiger partial charge in [0.15, 0.2) is 0 Å². The van der Waals surface area contributed by atoms with Crippen LogP contribution in [0.2, 0.25) is 0 Å². The number of carbonyl (C=O) groups is 2. The van der Waals surface area contributed by atoms with E-state index < -0.39 is 0 Å². The fourth-order valence-corrected chi connectivity index (χ4v) is 2.65. The first-order valence-electron chi connectivity index (χ1n) is 8.55. The lowest BCUT2D eigenvalue weighted by Gasteiger charge is -2.12. The van der Waals surface area contributed by atoms with Crippen molar-refractivity contribution in [3.8, 4) is 5.75 Å². The molecule has 1 unspecified atom stereocenters. The molecule has 1 heterocycles. The van der Waals surface area contributed by atoms with Gasteiger partial charge < -0.3 is 15.4 Å². The van der Waals surface area contributed by atoms with Gasteiger partial charge in [-0.25, -0.2) is 0 Å². The number of carbonyl (C=O) groups excluding carboxylic acids is 2. The number of fused-ring (bicyclic) bond motifs is 1. The summed E-state index contributed by atoms with van der Waals surface area (Å²) < 4.78 is 5.45. The average molecular weight is 338 g/mol. The molecule has 130 valence electrons. The van der Waals surface area contributed by atoms with Gasteiger partial charge in [0.25, 0.3) is 11.8 Å². The van der Waals surface area contributed by atoms with E-state index in [4.69, 9.17) is 4.74 Å². The summed E-state index contributed by atoms with van der Waals surface area (Å²) in [5, 5.41) is 5.77. The highest BCUT2D eigenvalue weighted by molar-refractivity contribution is 6.04. The number of ether oxygens (including phenoxy) is 1. The molecule has 5 heteroatoms. The Hall–Kier alpha value is -2.82. The van der Waals surface area contributed by atoms with Gasteiger partial charge in [-0.1, -0.05) is 6.92 Å². The molecule has 0 spiro atoms. The predicted molar refractivity (Wildman–Crippen MR) is 97.3 cm³/mol. The lowest BCUT2D eigenvalue weighted by atomic mass is 10.1. The summed E-state index contributed by atoms with van der Waals surface area (Å²) in [5.74, 6) is 0.575. The molecular weight excluding hydrogens is 316 g/mol. The maximum Gasteiger partial charge on any atom is 0.255 e. The normalized spacial score (nSPS) is 13.5. The van der Waals surface area contributed by atoms with Crippen molar-refractivity contribution >= 4 is 17.5 Å². The van der Waals surface area contributed by atoms with Gasteiger partial charge in [-0.15, -0.1) is 0 Å². The highest BCUT2D eigenvalue weighted by atomic mass is 16.5. The van der Waals surface area contributed by atoms with E-state index in [2.05, 4.69) is 10.6 Å². The number of rotatable bonds is 5. The molecule has 2 amide bonds. The molecule has 0 fully saturated rings. The fourth-order valence-electron chi connectivity index (χ4n) is 2.65. The zero-order chi connectivity index (χ0) is 17.8. The number of anilines is 1. The van der Waals surface area contributed by atoms with Crippen LogP contribution in [0, 0.1) is 0 Å². The molecule has 0 saturated heterocycles. The van der Waals surface area contributed by atoms with Crippen molar-refractivity contribution < 1.29 is 14.3 Å². The first-order valence-corrected chi connectivity index (χ1v) is 8.55. The van der Waals surface area contributed by atoms with E-state index in [9.17, 15) is 9.59 Å². The first kappa shape index (κ1) is 17.0. The van der Waals surface area contributed by atoms with Crippen molar-refractivity contribution in [2.24, 2.45) is 0 Å². The lowest BCUT2D eigenvalue weighted by Crippen LogP contribution is -2.31. The molecule has 2 aromatic carbocycles. The molecule has 0 radical (unpaired) electrons. The standard InChI is InChI=1S/C20H22N2O3/c1-3-13(2)21-19(23)14-4-7-17(8-5-14)22-20(24)16-6-9-18-15(12-16)10-11-25-18/h4-9,12-13H,3,10-11H2,1-2H3,(H,21,23)(H,22,24). The number of hydrogen-bond acceptors (Lipinski definition) is 3. The summed E-state index contributed by atoms with van der Waals surface area (Å²) in [7, 11) is 0. The number of benzene rings is 2. The van der Waals surface area contributed by atoms with Crippen LogP contribution in [0.25, 0.3) is 0 Å². The monoisotopic (exact) mass is 338 g/mol. The highest BCUT2D eigenvalue weighted by Crippen LogP contribution is 2.26. The maximum atomic E-state index is 12.4. The molecule has 1 atom stereocenters. The van der Waals surface area contributed by atoms with Crippen LogP contribution < -0.4 is 15.4 Å². The summed E-state index contributed by atoms with van der Waals surface area (Å²) in [5.41, 5.74) is 2.89. The van der Waals surface area contributed by atoms with Crippen LogP contribution in [-0.4, -0.2) is 24.5 Å². The molecule has 0 saturated carbocycles. The minimum absolute atomic E-state index is 0.106. The zero-order valence-corrected chi connectivity index (χ0v) is 14.5. The summed E-state index contributed by atoms with van der Waals surface area (Å²) in [6.07, 6.45) is 1.71. The Morgan fingerprint density at radius 3 is 2.52 bits per heavy atom. The first-order chi connectivity index (χ1) is 12.1. The number of nitrogens with one attached hydrogen (secondary N) is 2. The molecule has 0 aromatic heterocycles. The Kier molecular flexibility index (Phi) is 5.03. The van der Waals surface area contributed by atoms with Crippen LogP contribution in [0.4, 0.5) is 5.69 Å². The van der Waals surface area contributed by atoms with Crippen molar-refractivity contribution in [2.75, 3.05) is 11.9 Å². The Labute approximate surface area is 147 Å². The second kappa shape index (κ2) is 7.38. The number of hydrogen-bond donors (Lipinski definition) is 2. The molecule has 2 N–H and O–H groups in total.